The minimum absolute atomic E-state index is 0.00517. The Hall–Kier alpha value is -3.07. The molecule has 3 N–H and O–H groups in total. The summed E-state index contributed by atoms with van der Waals surface area (Å²) in [5.74, 6) is -0.453. The molecule has 2 saturated heterocycles. The molecule has 226 valence electrons. The van der Waals surface area contributed by atoms with Gasteiger partial charge in [0.25, 0.3) is 10.0 Å². The van der Waals surface area contributed by atoms with Gasteiger partial charge in [0.15, 0.2) is 0 Å². The maximum absolute atomic E-state index is 13.3. The lowest BCUT2D eigenvalue weighted by atomic mass is 9.88. The Morgan fingerprint density at radius 2 is 1.76 bits per heavy atom. The van der Waals surface area contributed by atoms with Crippen molar-refractivity contribution in [3.05, 3.63) is 66.7 Å². The van der Waals surface area contributed by atoms with Crippen molar-refractivity contribution in [2.75, 3.05) is 32.8 Å². The van der Waals surface area contributed by atoms with Crippen LogP contribution in [0.3, 0.4) is 0 Å². The van der Waals surface area contributed by atoms with Crippen LogP contribution in [0.5, 0.6) is 5.75 Å². The topological polar surface area (TPSA) is 151 Å². The van der Waals surface area contributed by atoms with Crippen LogP contribution < -0.4 is 14.8 Å². The number of ether oxygens (including phenoxy) is 2. The summed E-state index contributed by atoms with van der Waals surface area (Å²) in [6.45, 7) is 2.46. The average molecular weight is 618 g/mol. The van der Waals surface area contributed by atoms with Gasteiger partial charge in [-0.25, -0.2) is 21.6 Å². The van der Waals surface area contributed by atoms with Crippen LogP contribution in [0.2, 0.25) is 0 Å². The predicted molar refractivity (Wildman–Crippen MR) is 156 cm³/mol. The van der Waals surface area contributed by atoms with Crippen LogP contribution in [-0.4, -0.2) is 82.7 Å². The summed E-state index contributed by atoms with van der Waals surface area (Å²) in [6.07, 6.45) is 1.00. The van der Waals surface area contributed by atoms with Crippen LogP contribution in [0.25, 0.3) is 10.8 Å². The fourth-order valence-electron chi connectivity index (χ4n) is 5.47. The van der Waals surface area contributed by atoms with E-state index in [9.17, 15) is 26.7 Å². The average Bonchev–Trinajstić information content (AvgIpc) is 3.36. The normalized spacial score (nSPS) is 20.0. The molecule has 1 spiro atoms. The molecule has 11 nitrogen and oxygen atoms in total. The number of piperidine rings is 1. The molecule has 2 heterocycles. The van der Waals surface area contributed by atoms with Crippen LogP contribution in [-0.2, 0) is 29.6 Å². The second kappa shape index (κ2) is 12.3. The highest BCUT2D eigenvalue weighted by Crippen LogP contribution is 2.37. The molecule has 3 aromatic rings. The summed E-state index contributed by atoms with van der Waals surface area (Å²) < 4.78 is 66.2. The lowest BCUT2D eigenvalue weighted by Gasteiger charge is -2.38. The third kappa shape index (κ3) is 6.93. The molecular weight excluding hydrogens is 582 g/mol. The molecule has 2 fully saturated rings. The summed E-state index contributed by atoms with van der Waals surface area (Å²) in [6, 6.07) is 18.6. The zero-order valence-electron chi connectivity index (χ0n) is 23.2. The molecule has 1 unspecified atom stereocenters. The first-order valence-electron chi connectivity index (χ1n) is 13.8. The van der Waals surface area contributed by atoms with E-state index in [1.165, 1.54) is 22.5 Å². The van der Waals surface area contributed by atoms with Crippen LogP contribution in [0.4, 0.5) is 0 Å². The Balaban J connectivity index is 1.08. The molecule has 0 bridgehead atoms. The second-order valence-corrected chi connectivity index (χ2v) is 14.4. The van der Waals surface area contributed by atoms with Crippen LogP contribution in [0, 0.1) is 0 Å². The van der Waals surface area contributed by atoms with E-state index in [2.05, 4.69) is 5.32 Å². The van der Waals surface area contributed by atoms with E-state index in [1.54, 1.807) is 18.2 Å². The zero-order valence-corrected chi connectivity index (χ0v) is 24.9. The molecule has 2 aliphatic rings. The standard InChI is InChI=1S/C29H35N3O8S2/c1-21(33)31-41(35,36)27-8-4-7-26(16-27)39-20-25(34)18-30-24-17-29(40-19-24)11-13-32(14-12-29)42(37,38)28-10-9-22-5-2-3-6-23(22)15-28/h2-10,15-16,24-25,30,34H,11-14,17-20H2,1H3,(H,31,33)/t24?,25-/m0/s1. The first-order chi connectivity index (χ1) is 20.0. The molecule has 0 aliphatic carbocycles. The largest absolute Gasteiger partial charge is 0.491 e. The quantitative estimate of drug-likeness (QED) is 0.310. The van der Waals surface area contributed by atoms with Crippen molar-refractivity contribution in [1.82, 2.24) is 14.3 Å². The van der Waals surface area contributed by atoms with Crippen LogP contribution in [0.1, 0.15) is 26.2 Å². The molecule has 3 aromatic carbocycles. The Bertz CT molecular complexity index is 1650. The monoisotopic (exact) mass is 617 g/mol. The number of fused-ring (bicyclic) bond motifs is 1. The summed E-state index contributed by atoms with van der Waals surface area (Å²) in [4.78, 5) is 11.3. The van der Waals surface area contributed by atoms with E-state index in [4.69, 9.17) is 9.47 Å². The number of amides is 1. The van der Waals surface area contributed by atoms with Gasteiger partial charge in [-0.15, -0.1) is 0 Å². The lowest BCUT2D eigenvalue weighted by Crippen LogP contribution is -2.47. The van der Waals surface area contributed by atoms with Crippen molar-refractivity contribution in [3.8, 4) is 5.75 Å². The third-order valence-corrected chi connectivity index (χ3v) is 11.0. The maximum atomic E-state index is 13.3. The maximum Gasteiger partial charge on any atom is 0.264 e. The molecule has 0 aromatic heterocycles. The van der Waals surface area contributed by atoms with E-state index >= 15 is 0 Å². The number of aliphatic hydroxyl groups excluding tert-OH is 1. The highest BCUT2D eigenvalue weighted by Gasteiger charge is 2.44. The van der Waals surface area contributed by atoms with Crippen LogP contribution >= 0.6 is 0 Å². The van der Waals surface area contributed by atoms with Gasteiger partial charge in [-0.05, 0) is 54.3 Å². The minimum Gasteiger partial charge on any atom is -0.491 e. The molecular formula is C29H35N3O8S2. The van der Waals surface area contributed by atoms with E-state index in [0.717, 1.165) is 17.7 Å². The fraction of sp³-hybridized carbons (Fsp3) is 0.414. The van der Waals surface area contributed by atoms with Gasteiger partial charge in [0, 0.05) is 38.7 Å². The highest BCUT2D eigenvalue weighted by molar-refractivity contribution is 7.90. The van der Waals surface area contributed by atoms with Crippen molar-refractivity contribution >= 4 is 36.7 Å². The van der Waals surface area contributed by atoms with Crippen molar-refractivity contribution in [2.24, 2.45) is 0 Å². The number of benzene rings is 3. The summed E-state index contributed by atoms with van der Waals surface area (Å²) in [7, 11) is -7.61. The molecule has 2 aliphatic heterocycles. The van der Waals surface area contributed by atoms with Crippen molar-refractivity contribution in [2.45, 2.75) is 53.7 Å². The number of aliphatic hydroxyl groups is 1. The SMILES string of the molecule is CC(=O)NS(=O)(=O)c1cccc(OC[C@@H](O)CNC2COC3(CCN(S(=O)(=O)c4ccc5ccccc5c4)CC3)C2)c1. The number of hydrogen-bond donors (Lipinski definition) is 3. The number of sulfonamides is 2. The Morgan fingerprint density at radius 3 is 2.50 bits per heavy atom. The minimum atomic E-state index is -3.99. The van der Waals surface area contributed by atoms with Gasteiger partial charge in [0.2, 0.25) is 15.9 Å². The van der Waals surface area contributed by atoms with Crippen LogP contribution in [0.15, 0.2) is 76.5 Å². The Morgan fingerprint density at radius 1 is 1.02 bits per heavy atom. The van der Waals surface area contributed by atoms with E-state index in [0.29, 0.717) is 43.9 Å². The number of rotatable bonds is 10. The third-order valence-electron chi connectivity index (χ3n) is 7.68. The summed E-state index contributed by atoms with van der Waals surface area (Å²) in [5, 5.41) is 15.6. The van der Waals surface area contributed by atoms with E-state index in [1.807, 2.05) is 35.1 Å². The molecule has 42 heavy (non-hydrogen) atoms. The van der Waals surface area contributed by atoms with Crippen molar-refractivity contribution < 1.29 is 36.2 Å². The van der Waals surface area contributed by atoms with E-state index < -0.39 is 37.7 Å². The number of carbonyl (C=O) groups is 1. The van der Waals surface area contributed by atoms with Gasteiger partial charge < -0.3 is 19.9 Å². The molecule has 0 saturated carbocycles. The smallest absolute Gasteiger partial charge is 0.264 e. The van der Waals surface area contributed by atoms with Crippen molar-refractivity contribution in [3.63, 3.8) is 0 Å². The number of hydrogen-bond acceptors (Lipinski definition) is 9. The predicted octanol–water partition coefficient (Wildman–Crippen LogP) is 2.01. The Labute approximate surface area is 245 Å². The van der Waals surface area contributed by atoms with Gasteiger partial charge in [0.1, 0.15) is 18.5 Å². The van der Waals surface area contributed by atoms with Crippen molar-refractivity contribution in [1.29, 1.82) is 0 Å². The van der Waals surface area contributed by atoms with Gasteiger partial charge in [-0.1, -0.05) is 36.4 Å². The lowest BCUT2D eigenvalue weighted by molar-refractivity contribution is -0.117. The zero-order chi connectivity index (χ0) is 30.0. The fourth-order valence-corrected chi connectivity index (χ4v) is 7.97. The molecule has 0 radical (unpaired) electrons. The highest BCUT2D eigenvalue weighted by atomic mass is 32.2. The van der Waals surface area contributed by atoms with Gasteiger partial charge in [0.05, 0.1) is 22.0 Å². The molecule has 1 amide bonds. The summed E-state index contributed by atoms with van der Waals surface area (Å²) >= 11 is 0. The van der Waals surface area contributed by atoms with Gasteiger partial charge >= 0.3 is 0 Å². The first kappa shape index (κ1) is 30.4. The Kier molecular flexibility index (Phi) is 8.88. The first-order valence-corrected chi connectivity index (χ1v) is 16.7. The van der Waals surface area contributed by atoms with Gasteiger partial charge in [-0.3, -0.25) is 4.79 Å². The number of nitrogens with one attached hydrogen (secondary N) is 2. The molecule has 5 rings (SSSR count). The van der Waals surface area contributed by atoms with Gasteiger partial charge in [-0.2, -0.15) is 4.31 Å². The van der Waals surface area contributed by atoms with E-state index in [-0.39, 0.29) is 29.8 Å². The summed E-state index contributed by atoms with van der Waals surface area (Å²) in [5.41, 5.74) is -0.408. The second-order valence-electron chi connectivity index (χ2n) is 10.8. The number of carbonyl (C=O) groups excluding carboxylic acids is 1. The number of nitrogens with zero attached hydrogens (tertiary/aromatic N) is 1. The molecule has 2 atom stereocenters. The molecule has 13 heteroatoms.